The van der Waals surface area contributed by atoms with Gasteiger partial charge in [-0.2, -0.15) is 0 Å². The van der Waals surface area contributed by atoms with E-state index in [-0.39, 0.29) is 0 Å². The summed E-state index contributed by atoms with van der Waals surface area (Å²) in [5.74, 6) is 0.836. The third kappa shape index (κ3) is 0.913. The minimum Gasteiger partial charge on any atom is -0.362 e. The van der Waals surface area contributed by atoms with E-state index in [1.165, 1.54) is 0 Å². The van der Waals surface area contributed by atoms with Crippen LogP contribution in [0, 0.1) is 0 Å². The van der Waals surface area contributed by atoms with Crippen LogP contribution in [-0.2, 0) is 6.42 Å². The van der Waals surface area contributed by atoms with Crippen LogP contribution in [-0.4, -0.2) is 13.0 Å². The minimum absolute atomic E-state index is 0.460. The molecule has 0 bridgehead atoms. The maximum absolute atomic E-state index is 5.25. The SMILES string of the molecule is [B]c1cc(CC)on1. The van der Waals surface area contributed by atoms with Crippen molar-refractivity contribution in [1.82, 2.24) is 5.16 Å². The number of aromatic nitrogens is 1. The van der Waals surface area contributed by atoms with Gasteiger partial charge >= 0.3 is 0 Å². The molecule has 0 saturated heterocycles. The Hall–Kier alpha value is -0.725. The quantitative estimate of drug-likeness (QED) is 0.473. The van der Waals surface area contributed by atoms with Gasteiger partial charge in [0.05, 0.1) is 0 Å². The fourth-order valence-electron chi connectivity index (χ4n) is 0.496. The monoisotopic (exact) mass is 107 g/mol. The van der Waals surface area contributed by atoms with Crippen molar-refractivity contribution in [1.29, 1.82) is 0 Å². The van der Waals surface area contributed by atoms with Gasteiger partial charge < -0.3 is 4.52 Å². The van der Waals surface area contributed by atoms with Crippen LogP contribution in [0.5, 0.6) is 0 Å². The van der Waals surface area contributed by atoms with E-state index >= 15 is 0 Å². The van der Waals surface area contributed by atoms with Gasteiger partial charge in [0.1, 0.15) is 13.6 Å². The zero-order valence-electron chi connectivity index (χ0n) is 4.72. The van der Waals surface area contributed by atoms with Crippen LogP contribution in [0.4, 0.5) is 0 Å². The molecule has 3 heteroatoms. The molecule has 0 amide bonds. The Morgan fingerprint density at radius 2 is 2.62 bits per heavy atom. The highest BCUT2D eigenvalue weighted by molar-refractivity contribution is 6.30. The van der Waals surface area contributed by atoms with Crippen molar-refractivity contribution in [3.63, 3.8) is 0 Å². The molecule has 0 saturated carbocycles. The van der Waals surface area contributed by atoms with Gasteiger partial charge in [-0.1, -0.05) is 12.1 Å². The Labute approximate surface area is 49.3 Å². The van der Waals surface area contributed by atoms with Crippen LogP contribution < -0.4 is 5.59 Å². The molecule has 0 N–H and O–H groups in total. The Kier molecular flexibility index (Phi) is 1.37. The minimum atomic E-state index is 0.460. The van der Waals surface area contributed by atoms with E-state index in [2.05, 4.69) is 5.16 Å². The average molecular weight is 107 g/mol. The first-order chi connectivity index (χ1) is 3.83. The van der Waals surface area contributed by atoms with Gasteiger partial charge in [0.25, 0.3) is 0 Å². The fraction of sp³-hybridized carbons (Fsp3) is 0.400. The summed E-state index contributed by atoms with van der Waals surface area (Å²) in [7, 11) is 5.25. The maximum Gasteiger partial charge on any atom is 0.146 e. The molecule has 1 aromatic rings. The van der Waals surface area contributed by atoms with Crippen molar-refractivity contribution in [2.24, 2.45) is 0 Å². The summed E-state index contributed by atoms with van der Waals surface area (Å²) in [4.78, 5) is 0. The molecule has 0 atom stereocenters. The van der Waals surface area contributed by atoms with Crippen molar-refractivity contribution in [3.05, 3.63) is 11.8 Å². The highest BCUT2D eigenvalue weighted by Gasteiger charge is 1.93. The molecule has 0 aliphatic carbocycles. The summed E-state index contributed by atoms with van der Waals surface area (Å²) in [6, 6.07) is 1.72. The lowest BCUT2D eigenvalue weighted by Gasteiger charge is -1.76. The molecule has 40 valence electrons. The van der Waals surface area contributed by atoms with Gasteiger partial charge in [0, 0.05) is 12.0 Å². The van der Waals surface area contributed by atoms with Crippen molar-refractivity contribution < 1.29 is 4.52 Å². The van der Waals surface area contributed by atoms with E-state index in [4.69, 9.17) is 12.4 Å². The van der Waals surface area contributed by atoms with E-state index in [0.717, 1.165) is 12.2 Å². The van der Waals surface area contributed by atoms with E-state index in [1.54, 1.807) is 6.07 Å². The van der Waals surface area contributed by atoms with Gasteiger partial charge in [-0.05, 0) is 6.07 Å². The Balaban J connectivity index is 2.84. The Morgan fingerprint density at radius 3 is 2.88 bits per heavy atom. The molecule has 1 heterocycles. The summed E-state index contributed by atoms with van der Waals surface area (Å²) in [6.45, 7) is 1.99. The van der Waals surface area contributed by atoms with E-state index in [1.807, 2.05) is 6.92 Å². The maximum atomic E-state index is 5.25. The molecule has 0 fully saturated rings. The molecular weight excluding hydrogens is 101 g/mol. The third-order valence-corrected chi connectivity index (χ3v) is 0.926. The number of rotatable bonds is 1. The van der Waals surface area contributed by atoms with Crippen LogP contribution in [0.3, 0.4) is 0 Å². The molecule has 0 unspecified atom stereocenters. The van der Waals surface area contributed by atoms with Crippen molar-refractivity contribution in [2.75, 3.05) is 0 Å². The van der Waals surface area contributed by atoms with Gasteiger partial charge in [0.15, 0.2) is 0 Å². The van der Waals surface area contributed by atoms with Crippen LogP contribution in [0.25, 0.3) is 0 Å². The second-order valence-corrected chi connectivity index (χ2v) is 1.57. The number of hydrogen-bond donors (Lipinski definition) is 0. The van der Waals surface area contributed by atoms with E-state index in [9.17, 15) is 0 Å². The Bertz CT molecular complexity index is 173. The lowest BCUT2D eigenvalue weighted by atomic mass is 10.1. The van der Waals surface area contributed by atoms with Crippen molar-refractivity contribution >= 4 is 13.4 Å². The predicted octanol–water partition coefficient (Wildman–Crippen LogP) is 0.0308. The summed E-state index contributed by atoms with van der Waals surface area (Å²) in [5.41, 5.74) is 0.460. The van der Waals surface area contributed by atoms with E-state index < -0.39 is 0 Å². The second kappa shape index (κ2) is 2.03. The molecule has 0 spiro atoms. The molecule has 8 heavy (non-hydrogen) atoms. The predicted molar refractivity (Wildman–Crippen MR) is 31.3 cm³/mol. The largest absolute Gasteiger partial charge is 0.362 e. The zero-order valence-corrected chi connectivity index (χ0v) is 4.72. The first kappa shape index (κ1) is 5.41. The lowest BCUT2D eigenvalue weighted by molar-refractivity contribution is 0.391. The summed E-state index contributed by atoms with van der Waals surface area (Å²) in [6.07, 6.45) is 0.851. The molecule has 2 nitrogen and oxygen atoms in total. The van der Waals surface area contributed by atoms with Gasteiger partial charge in [-0.15, -0.1) is 0 Å². The lowest BCUT2D eigenvalue weighted by Crippen LogP contribution is -1.99. The highest BCUT2D eigenvalue weighted by atomic mass is 16.5. The number of nitrogens with zero attached hydrogens (tertiary/aromatic N) is 1. The first-order valence-electron chi connectivity index (χ1n) is 2.54. The van der Waals surface area contributed by atoms with Crippen LogP contribution >= 0.6 is 0 Å². The molecule has 1 aromatic heterocycles. The summed E-state index contributed by atoms with van der Waals surface area (Å²) in [5, 5.41) is 3.49. The van der Waals surface area contributed by atoms with Crippen LogP contribution in [0.15, 0.2) is 10.6 Å². The Morgan fingerprint density at radius 1 is 1.88 bits per heavy atom. The molecule has 2 radical (unpaired) electrons. The van der Waals surface area contributed by atoms with Crippen molar-refractivity contribution in [3.8, 4) is 0 Å². The van der Waals surface area contributed by atoms with E-state index in [0.29, 0.717) is 5.59 Å². The smallest absolute Gasteiger partial charge is 0.146 e. The topological polar surface area (TPSA) is 26.0 Å². The molecule has 0 aliphatic rings. The third-order valence-electron chi connectivity index (χ3n) is 0.926. The zero-order chi connectivity index (χ0) is 5.98. The summed E-state index contributed by atoms with van der Waals surface area (Å²) < 4.78 is 4.74. The number of hydrogen-bond acceptors (Lipinski definition) is 2. The van der Waals surface area contributed by atoms with Crippen molar-refractivity contribution in [2.45, 2.75) is 13.3 Å². The highest BCUT2D eigenvalue weighted by Crippen LogP contribution is 1.92. The second-order valence-electron chi connectivity index (χ2n) is 1.57. The average Bonchev–Trinajstić information content (AvgIpc) is 2.14. The van der Waals surface area contributed by atoms with Gasteiger partial charge in [-0.25, -0.2) is 0 Å². The normalized spacial score (nSPS) is 9.62. The van der Waals surface area contributed by atoms with Crippen LogP contribution in [0.1, 0.15) is 12.7 Å². The molecular formula is C5H6BNO. The molecule has 1 rings (SSSR count). The van der Waals surface area contributed by atoms with Gasteiger partial charge in [-0.3, -0.25) is 0 Å². The molecule has 0 aromatic carbocycles. The molecule has 0 aliphatic heterocycles. The number of aryl methyl sites for hydroxylation is 1. The summed E-state index contributed by atoms with van der Waals surface area (Å²) >= 11 is 0. The van der Waals surface area contributed by atoms with Crippen LogP contribution in [0.2, 0.25) is 0 Å². The fourth-order valence-corrected chi connectivity index (χ4v) is 0.496. The standard InChI is InChI=1S/C5H6BNO/c1-2-4-3-5(6)7-8-4/h3H,2H2,1H3. The first-order valence-corrected chi connectivity index (χ1v) is 2.54. The van der Waals surface area contributed by atoms with Gasteiger partial charge in [0.2, 0.25) is 0 Å².